The molecule has 0 saturated carbocycles. The van der Waals surface area contributed by atoms with Gasteiger partial charge in [0, 0.05) is 18.0 Å². The number of fused-ring (bicyclic) bond motifs is 1. The zero-order valence-corrected chi connectivity index (χ0v) is 14.2. The van der Waals surface area contributed by atoms with Crippen LogP contribution in [0.5, 0.6) is 5.88 Å². The third-order valence-electron chi connectivity index (χ3n) is 4.06. The Labute approximate surface area is 150 Å². The summed E-state index contributed by atoms with van der Waals surface area (Å²) in [5, 5.41) is 13.7. The first-order valence-corrected chi connectivity index (χ1v) is 8.12. The molecule has 1 amide bonds. The first-order chi connectivity index (χ1) is 12.6. The van der Waals surface area contributed by atoms with Gasteiger partial charge in [0.25, 0.3) is 0 Å². The predicted molar refractivity (Wildman–Crippen MR) is 98.6 cm³/mol. The zero-order valence-electron chi connectivity index (χ0n) is 14.2. The molecule has 26 heavy (non-hydrogen) atoms. The van der Waals surface area contributed by atoms with Crippen molar-refractivity contribution in [1.82, 2.24) is 4.98 Å². The molecule has 0 unspecified atom stereocenters. The normalized spacial score (nSPS) is 10.5. The molecule has 0 saturated heterocycles. The number of para-hydroxylation sites is 1. The minimum Gasteiger partial charge on any atom is -0.481 e. The van der Waals surface area contributed by atoms with E-state index in [1.54, 1.807) is 31.5 Å². The third kappa shape index (κ3) is 3.80. The minimum atomic E-state index is -1.07. The lowest BCUT2D eigenvalue weighted by atomic mass is 10.0. The lowest BCUT2D eigenvalue weighted by Crippen LogP contribution is -2.15. The third-order valence-corrected chi connectivity index (χ3v) is 4.06. The highest BCUT2D eigenvalue weighted by Gasteiger charge is 2.12. The number of carboxylic acid groups (broad SMARTS) is 1. The zero-order chi connectivity index (χ0) is 18.5. The molecule has 0 aliphatic rings. The van der Waals surface area contributed by atoms with Crippen LogP contribution < -0.4 is 10.1 Å². The largest absolute Gasteiger partial charge is 0.481 e. The van der Waals surface area contributed by atoms with E-state index in [4.69, 9.17) is 9.84 Å². The fourth-order valence-electron chi connectivity index (χ4n) is 2.76. The highest BCUT2D eigenvalue weighted by atomic mass is 16.5. The molecular weight excluding hydrogens is 332 g/mol. The van der Waals surface area contributed by atoms with E-state index in [0.717, 1.165) is 16.3 Å². The van der Waals surface area contributed by atoms with Crippen LogP contribution in [0.2, 0.25) is 0 Å². The average molecular weight is 350 g/mol. The number of amides is 1. The molecule has 0 aliphatic carbocycles. The summed E-state index contributed by atoms with van der Waals surface area (Å²) in [7, 11) is 1.57. The molecule has 2 aromatic carbocycles. The second-order valence-electron chi connectivity index (χ2n) is 5.77. The Morgan fingerprint density at radius 1 is 1.15 bits per heavy atom. The summed E-state index contributed by atoms with van der Waals surface area (Å²) in [6, 6.07) is 14.1. The van der Waals surface area contributed by atoms with Crippen molar-refractivity contribution in [3.05, 3.63) is 65.9 Å². The van der Waals surface area contributed by atoms with E-state index in [-0.39, 0.29) is 17.9 Å². The number of benzene rings is 2. The van der Waals surface area contributed by atoms with Crippen LogP contribution in [0.25, 0.3) is 10.8 Å². The van der Waals surface area contributed by atoms with E-state index in [1.165, 1.54) is 6.07 Å². The predicted octanol–water partition coefficient (Wildman–Crippen LogP) is 3.51. The minimum absolute atomic E-state index is 0.0716. The van der Waals surface area contributed by atoms with Gasteiger partial charge in [-0.3, -0.25) is 4.79 Å². The highest BCUT2D eigenvalue weighted by molar-refractivity contribution is 6.00. The molecule has 0 bridgehead atoms. The van der Waals surface area contributed by atoms with Crippen LogP contribution >= 0.6 is 0 Å². The fourth-order valence-corrected chi connectivity index (χ4v) is 2.76. The number of nitrogens with zero attached hydrogens (tertiary/aromatic N) is 1. The highest BCUT2D eigenvalue weighted by Crippen LogP contribution is 2.24. The van der Waals surface area contributed by atoms with Crippen molar-refractivity contribution in [2.75, 3.05) is 12.4 Å². The second kappa shape index (κ2) is 7.65. The van der Waals surface area contributed by atoms with Gasteiger partial charge in [0.1, 0.15) is 0 Å². The summed E-state index contributed by atoms with van der Waals surface area (Å²) in [4.78, 5) is 27.6. The Balaban J connectivity index is 1.70. The summed E-state index contributed by atoms with van der Waals surface area (Å²) in [5.41, 5.74) is 1.35. The molecule has 132 valence electrons. The number of carbonyl (C=O) groups is 2. The van der Waals surface area contributed by atoms with Crippen LogP contribution in [0, 0.1) is 0 Å². The summed E-state index contributed by atoms with van der Waals surface area (Å²) < 4.78 is 5.28. The van der Waals surface area contributed by atoms with Gasteiger partial charge < -0.3 is 15.2 Å². The van der Waals surface area contributed by atoms with Crippen LogP contribution in [0.4, 0.5) is 5.69 Å². The molecule has 0 spiro atoms. The van der Waals surface area contributed by atoms with E-state index in [2.05, 4.69) is 10.3 Å². The van der Waals surface area contributed by atoms with Crippen molar-refractivity contribution in [2.45, 2.75) is 12.8 Å². The van der Waals surface area contributed by atoms with Crippen LogP contribution in [-0.4, -0.2) is 29.1 Å². The number of aromatic carboxylic acids is 1. The first-order valence-electron chi connectivity index (χ1n) is 8.12. The lowest BCUT2D eigenvalue weighted by Gasteiger charge is -2.09. The van der Waals surface area contributed by atoms with Gasteiger partial charge in [-0.1, -0.05) is 24.3 Å². The molecule has 1 heterocycles. The van der Waals surface area contributed by atoms with E-state index in [0.29, 0.717) is 18.0 Å². The number of hydrogen-bond acceptors (Lipinski definition) is 4. The molecule has 0 radical (unpaired) electrons. The van der Waals surface area contributed by atoms with E-state index < -0.39 is 5.97 Å². The van der Waals surface area contributed by atoms with Crippen molar-refractivity contribution in [3.63, 3.8) is 0 Å². The van der Waals surface area contributed by atoms with Gasteiger partial charge in [-0.2, -0.15) is 0 Å². The molecule has 0 fully saturated rings. The SMILES string of the molecule is COc1nccc2ccc(CCC(=O)Nc3ccccc3C(=O)O)cc12. The Morgan fingerprint density at radius 2 is 1.96 bits per heavy atom. The number of hydrogen-bond donors (Lipinski definition) is 2. The Kier molecular flexibility index (Phi) is 5.12. The van der Waals surface area contributed by atoms with E-state index in [1.807, 2.05) is 24.3 Å². The molecule has 3 aromatic rings. The lowest BCUT2D eigenvalue weighted by molar-refractivity contribution is -0.116. The number of anilines is 1. The molecule has 1 aromatic heterocycles. The van der Waals surface area contributed by atoms with Crippen LogP contribution in [0.3, 0.4) is 0 Å². The summed E-state index contributed by atoms with van der Waals surface area (Å²) >= 11 is 0. The van der Waals surface area contributed by atoms with Crippen LogP contribution in [-0.2, 0) is 11.2 Å². The van der Waals surface area contributed by atoms with Gasteiger partial charge in [-0.15, -0.1) is 0 Å². The topological polar surface area (TPSA) is 88.5 Å². The maximum atomic E-state index is 12.2. The fraction of sp³-hybridized carbons (Fsp3) is 0.150. The molecule has 6 nitrogen and oxygen atoms in total. The Bertz CT molecular complexity index is 969. The molecule has 0 atom stereocenters. The average Bonchev–Trinajstić information content (AvgIpc) is 2.66. The number of pyridine rings is 1. The van der Waals surface area contributed by atoms with Crippen molar-refractivity contribution in [2.24, 2.45) is 0 Å². The van der Waals surface area contributed by atoms with Gasteiger partial charge in [-0.05, 0) is 41.6 Å². The van der Waals surface area contributed by atoms with Gasteiger partial charge in [0.2, 0.25) is 11.8 Å². The van der Waals surface area contributed by atoms with Gasteiger partial charge >= 0.3 is 5.97 Å². The van der Waals surface area contributed by atoms with Crippen molar-refractivity contribution < 1.29 is 19.4 Å². The monoisotopic (exact) mass is 350 g/mol. The van der Waals surface area contributed by atoms with Gasteiger partial charge in [-0.25, -0.2) is 9.78 Å². The first kappa shape index (κ1) is 17.4. The standard InChI is InChI=1S/C20H18N2O4/c1-26-19-16-12-13(6-8-14(16)10-11-21-19)7-9-18(23)22-17-5-3-2-4-15(17)20(24)25/h2-6,8,10-12H,7,9H2,1H3,(H,22,23)(H,24,25). The quantitative estimate of drug-likeness (QED) is 0.710. The molecule has 6 heteroatoms. The number of rotatable bonds is 6. The second-order valence-corrected chi connectivity index (χ2v) is 5.77. The summed E-state index contributed by atoms with van der Waals surface area (Å²) in [5.74, 6) is -0.767. The number of aryl methyl sites for hydroxylation is 1. The van der Waals surface area contributed by atoms with Crippen LogP contribution in [0.1, 0.15) is 22.3 Å². The smallest absolute Gasteiger partial charge is 0.337 e. The van der Waals surface area contributed by atoms with E-state index in [9.17, 15) is 9.59 Å². The maximum Gasteiger partial charge on any atom is 0.337 e. The number of nitrogens with one attached hydrogen (secondary N) is 1. The number of ether oxygens (including phenoxy) is 1. The Hall–Kier alpha value is -3.41. The van der Waals surface area contributed by atoms with Crippen molar-refractivity contribution >= 4 is 28.3 Å². The van der Waals surface area contributed by atoms with Gasteiger partial charge in [0.05, 0.1) is 18.4 Å². The molecule has 0 aliphatic heterocycles. The summed E-state index contributed by atoms with van der Waals surface area (Å²) in [6.07, 6.45) is 2.45. The Morgan fingerprint density at radius 3 is 2.73 bits per heavy atom. The summed E-state index contributed by atoms with van der Waals surface area (Å²) in [6.45, 7) is 0. The number of methoxy groups -OCH3 is 1. The van der Waals surface area contributed by atoms with Crippen molar-refractivity contribution in [3.8, 4) is 5.88 Å². The van der Waals surface area contributed by atoms with Gasteiger partial charge in [0.15, 0.2) is 0 Å². The molecule has 3 rings (SSSR count). The molecule has 2 N–H and O–H groups in total. The van der Waals surface area contributed by atoms with E-state index >= 15 is 0 Å². The molecular formula is C20H18N2O4. The van der Waals surface area contributed by atoms with Crippen LogP contribution in [0.15, 0.2) is 54.7 Å². The maximum absolute atomic E-state index is 12.2. The van der Waals surface area contributed by atoms with Crippen molar-refractivity contribution in [1.29, 1.82) is 0 Å². The number of carbonyl (C=O) groups excluding carboxylic acids is 1. The number of carboxylic acids is 1. The number of aromatic nitrogens is 1.